The van der Waals surface area contributed by atoms with E-state index in [1.54, 1.807) is 0 Å². The van der Waals surface area contributed by atoms with Crippen molar-refractivity contribution in [2.45, 2.75) is 26.3 Å². The van der Waals surface area contributed by atoms with Crippen LogP contribution in [0.5, 0.6) is 0 Å². The fourth-order valence-electron chi connectivity index (χ4n) is 0.212. The maximum atomic E-state index is 3.74. The number of hydrazone groups is 1. The monoisotopic (exact) mass is 114 g/mol. The second-order valence-electron chi connectivity index (χ2n) is 2.84. The molecule has 0 N–H and O–H groups in total. The summed E-state index contributed by atoms with van der Waals surface area (Å²) in [6.45, 7) is 9.66. The Hall–Kier alpha value is -0.530. The Morgan fingerprint density at radius 2 is 1.75 bits per heavy atom. The second-order valence-corrected chi connectivity index (χ2v) is 2.84. The van der Waals surface area contributed by atoms with Crippen molar-refractivity contribution in [3.8, 4) is 0 Å². The quantitative estimate of drug-likeness (QED) is 0.371. The average molecular weight is 114 g/mol. The average Bonchev–Trinajstić information content (AvgIpc) is 1.62. The van der Waals surface area contributed by atoms with E-state index in [1.165, 1.54) is 0 Å². The molecule has 0 spiro atoms. The zero-order valence-corrected chi connectivity index (χ0v) is 6.10. The molecular formula is C6H14N2. The van der Waals surface area contributed by atoms with Crippen LogP contribution in [0.2, 0.25) is 0 Å². The molecule has 0 fully saturated rings. The molecule has 2 nitrogen and oxygen atoms in total. The Morgan fingerprint density at radius 3 is 1.75 bits per heavy atom. The van der Waals surface area contributed by atoms with E-state index < -0.39 is 0 Å². The minimum Gasteiger partial charge on any atom is -0.295 e. The van der Waals surface area contributed by atoms with E-state index in [1.807, 2.05) is 12.1 Å². The summed E-state index contributed by atoms with van der Waals surface area (Å²) in [5.74, 6) is 0. The highest BCUT2D eigenvalue weighted by Gasteiger charge is 2.12. The minimum absolute atomic E-state index is 0.113. The topological polar surface area (TPSA) is 15.6 Å². The summed E-state index contributed by atoms with van der Waals surface area (Å²) in [6.07, 6.45) is 0. The van der Waals surface area contributed by atoms with Gasteiger partial charge in [-0.25, -0.2) is 0 Å². The summed E-state index contributed by atoms with van der Waals surface area (Å²) in [6, 6.07) is 0. The summed E-state index contributed by atoms with van der Waals surface area (Å²) in [5.41, 5.74) is 0.113. The van der Waals surface area contributed by atoms with E-state index in [0.29, 0.717) is 0 Å². The molecule has 0 aliphatic rings. The molecule has 0 unspecified atom stereocenters. The molecule has 0 heterocycles. The highest BCUT2D eigenvalue weighted by molar-refractivity contribution is 5.22. The van der Waals surface area contributed by atoms with E-state index in [2.05, 4.69) is 32.6 Å². The molecule has 8 heavy (non-hydrogen) atoms. The van der Waals surface area contributed by atoms with Gasteiger partial charge in [0.1, 0.15) is 0 Å². The van der Waals surface area contributed by atoms with Gasteiger partial charge in [0.25, 0.3) is 0 Å². The highest BCUT2D eigenvalue weighted by Crippen LogP contribution is 2.08. The van der Waals surface area contributed by atoms with Gasteiger partial charge in [-0.1, -0.05) is 0 Å². The molecule has 0 bridgehead atoms. The van der Waals surface area contributed by atoms with E-state index >= 15 is 0 Å². The Labute approximate surface area is 51.2 Å². The lowest BCUT2D eigenvalue weighted by molar-refractivity contribution is 0.185. The lowest BCUT2D eigenvalue weighted by Gasteiger charge is -2.28. The first kappa shape index (κ1) is 7.47. The van der Waals surface area contributed by atoms with Gasteiger partial charge in [0, 0.05) is 19.3 Å². The molecule has 0 aromatic carbocycles. The fourth-order valence-corrected chi connectivity index (χ4v) is 0.212. The standard InChI is InChI=1S/C6H14N2/c1-6(2,3)8(5)7-4/h4H2,1-3,5H3. The van der Waals surface area contributed by atoms with Gasteiger partial charge < -0.3 is 0 Å². The van der Waals surface area contributed by atoms with Crippen LogP contribution in [0.3, 0.4) is 0 Å². The van der Waals surface area contributed by atoms with Gasteiger partial charge >= 0.3 is 0 Å². The molecule has 2 heteroatoms. The lowest BCUT2D eigenvalue weighted by atomic mass is 10.1. The Kier molecular flexibility index (Phi) is 2.02. The van der Waals surface area contributed by atoms with Crippen molar-refractivity contribution in [2.24, 2.45) is 5.10 Å². The predicted molar refractivity (Wildman–Crippen MR) is 37.1 cm³/mol. The zero-order chi connectivity index (χ0) is 6.78. The third kappa shape index (κ3) is 1.96. The van der Waals surface area contributed by atoms with Crippen molar-refractivity contribution in [2.75, 3.05) is 7.05 Å². The molecule has 0 aliphatic heterocycles. The van der Waals surface area contributed by atoms with Crippen molar-refractivity contribution in [1.82, 2.24) is 5.01 Å². The van der Waals surface area contributed by atoms with Gasteiger partial charge in [0.15, 0.2) is 0 Å². The van der Waals surface area contributed by atoms with Crippen LogP contribution in [0.15, 0.2) is 5.10 Å². The molecule has 0 saturated carbocycles. The van der Waals surface area contributed by atoms with Crippen LogP contribution >= 0.6 is 0 Å². The van der Waals surface area contributed by atoms with Gasteiger partial charge in [0.2, 0.25) is 0 Å². The zero-order valence-electron chi connectivity index (χ0n) is 6.10. The van der Waals surface area contributed by atoms with Gasteiger partial charge in [-0.15, -0.1) is 0 Å². The first-order valence-electron chi connectivity index (χ1n) is 2.69. The van der Waals surface area contributed by atoms with Crippen molar-refractivity contribution >= 4 is 6.72 Å². The summed E-state index contributed by atoms with van der Waals surface area (Å²) in [5, 5.41) is 5.57. The van der Waals surface area contributed by atoms with Crippen LogP contribution in [0.25, 0.3) is 0 Å². The molecule has 0 saturated heterocycles. The van der Waals surface area contributed by atoms with Crippen molar-refractivity contribution in [3.05, 3.63) is 0 Å². The number of hydrogen-bond acceptors (Lipinski definition) is 2. The smallest absolute Gasteiger partial charge is 0.0491 e. The molecular weight excluding hydrogens is 100 g/mol. The van der Waals surface area contributed by atoms with Crippen LogP contribution in [0.4, 0.5) is 0 Å². The molecule has 0 aliphatic carbocycles. The van der Waals surface area contributed by atoms with E-state index in [-0.39, 0.29) is 5.54 Å². The van der Waals surface area contributed by atoms with Gasteiger partial charge in [0.05, 0.1) is 0 Å². The summed E-state index contributed by atoms with van der Waals surface area (Å²) < 4.78 is 0. The normalized spacial score (nSPS) is 11.0. The Morgan fingerprint density at radius 1 is 1.38 bits per heavy atom. The Balaban J connectivity index is 3.80. The van der Waals surface area contributed by atoms with Crippen molar-refractivity contribution in [1.29, 1.82) is 0 Å². The van der Waals surface area contributed by atoms with Crippen LogP contribution in [0.1, 0.15) is 20.8 Å². The highest BCUT2D eigenvalue weighted by atomic mass is 15.5. The van der Waals surface area contributed by atoms with Crippen LogP contribution in [-0.2, 0) is 0 Å². The van der Waals surface area contributed by atoms with Crippen LogP contribution in [0, 0.1) is 0 Å². The number of hydrogen-bond donors (Lipinski definition) is 0. The SMILES string of the molecule is C=NN(C)C(C)(C)C. The number of nitrogens with zero attached hydrogens (tertiary/aromatic N) is 2. The third-order valence-electron chi connectivity index (χ3n) is 1.18. The molecule has 48 valence electrons. The lowest BCUT2D eigenvalue weighted by Crippen LogP contribution is -2.33. The molecule has 0 radical (unpaired) electrons. The summed E-state index contributed by atoms with van der Waals surface area (Å²) >= 11 is 0. The maximum absolute atomic E-state index is 3.74. The predicted octanol–water partition coefficient (Wildman–Crippen LogP) is 1.33. The molecule has 0 aromatic heterocycles. The molecule has 0 aromatic rings. The largest absolute Gasteiger partial charge is 0.295 e. The first-order valence-corrected chi connectivity index (χ1v) is 2.69. The van der Waals surface area contributed by atoms with Gasteiger partial charge in [-0.2, -0.15) is 5.10 Å². The summed E-state index contributed by atoms with van der Waals surface area (Å²) in [7, 11) is 1.91. The van der Waals surface area contributed by atoms with Gasteiger partial charge in [-0.05, 0) is 20.8 Å². The van der Waals surface area contributed by atoms with Crippen molar-refractivity contribution in [3.63, 3.8) is 0 Å². The fraction of sp³-hybridized carbons (Fsp3) is 0.833. The molecule has 0 amide bonds. The third-order valence-corrected chi connectivity index (χ3v) is 1.18. The van der Waals surface area contributed by atoms with Crippen LogP contribution in [-0.4, -0.2) is 24.3 Å². The van der Waals surface area contributed by atoms with Crippen LogP contribution < -0.4 is 0 Å². The van der Waals surface area contributed by atoms with Gasteiger partial charge in [-0.3, -0.25) is 5.01 Å². The maximum Gasteiger partial charge on any atom is 0.0491 e. The Bertz CT molecular complexity index is 81.0. The first-order chi connectivity index (χ1) is 3.48. The van der Waals surface area contributed by atoms with E-state index in [0.717, 1.165) is 0 Å². The van der Waals surface area contributed by atoms with E-state index in [9.17, 15) is 0 Å². The molecule has 0 rings (SSSR count). The molecule has 0 atom stereocenters. The minimum atomic E-state index is 0.113. The second kappa shape index (κ2) is 2.16. The summed E-state index contributed by atoms with van der Waals surface area (Å²) in [4.78, 5) is 0. The van der Waals surface area contributed by atoms with E-state index in [4.69, 9.17) is 0 Å². The number of rotatable bonds is 1. The van der Waals surface area contributed by atoms with Crippen molar-refractivity contribution < 1.29 is 0 Å².